The normalized spacial score (nSPS) is 23.0. The van der Waals surface area contributed by atoms with Gasteiger partial charge in [0.1, 0.15) is 0 Å². The fraction of sp³-hybridized carbons (Fsp3) is 1.00. The van der Waals surface area contributed by atoms with E-state index in [4.69, 9.17) is 4.74 Å². The van der Waals surface area contributed by atoms with Crippen molar-refractivity contribution in [3.05, 3.63) is 0 Å². The van der Waals surface area contributed by atoms with Crippen molar-refractivity contribution in [3.8, 4) is 0 Å². The molecular formula is C13H27NO. The Balaban J connectivity index is 2.47. The summed E-state index contributed by atoms with van der Waals surface area (Å²) in [4.78, 5) is 2.42. The van der Waals surface area contributed by atoms with Gasteiger partial charge in [-0.3, -0.25) is 0 Å². The van der Waals surface area contributed by atoms with E-state index in [-0.39, 0.29) is 5.60 Å². The Labute approximate surface area is 95.0 Å². The lowest BCUT2D eigenvalue weighted by atomic mass is 9.77. The summed E-state index contributed by atoms with van der Waals surface area (Å²) in [6.07, 6.45) is 3.82. The number of hydrogen-bond donors (Lipinski definition) is 0. The number of hydrogen-bond acceptors (Lipinski definition) is 2. The van der Waals surface area contributed by atoms with Gasteiger partial charge in [0.05, 0.1) is 12.2 Å². The maximum atomic E-state index is 5.98. The van der Waals surface area contributed by atoms with Gasteiger partial charge in [0, 0.05) is 0 Å². The first-order chi connectivity index (χ1) is 6.87. The largest absolute Gasteiger partial charge is 0.375 e. The summed E-state index contributed by atoms with van der Waals surface area (Å²) in [7, 11) is 2.21. The fourth-order valence-electron chi connectivity index (χ4n) is 2.06. The molecule has 0 unspecified atom stereocenters. The van der Waals surface area contributed by atoms with E-state index in [1.165, 1.54) is 32.4 Å². The molecule has 0 bridgehead atoms. The Morgan fingerprint density at radius 3 is 2.13 bits per heavy atom. The van der Waals surface area contributed by atoms with Crippen LogP contribution in [0.1, 0.15) is 47.0 Å². The second kappa shape index (κ2) is 4.84. The average Bonchev–Trinajstić information content (AvgIpc) is 2.17. The number of piperidine rings is 1. The maximum Gasteiger partial charge on any atom is 0.0598 e. The van der Waals surface area contributed by atoms with Gasteiger partial charge in [-0.15, -0.1) is 0 Å². The van der Waals surface area contributed by atoms with Crippen molar-refractivity contribution in [2.75, 3.05) is 26.7 Å². The maximum absolute atomic E-state index is 5.98. The molecule has 15 heavy (non-hydrogen) atoms. The van der Waals surface area contributed by atoms with Crippen molar-refractivity contribution in [3.63, 3.8) is 0 Å². The Bertz CT molecular complexity index is 187. The van der Waals surface area contributed by atoms with Crippen LogP contribution < -0.4 is 0 Å². The smallest absolute Gasteiger partial charge is 0.0598 e. The highest BCUT2D eigenvalue weighted by Crippen LogP contribution is 2.35. The summed E-state index contributed by atoms with van der Waals surface area (Å²) < 4.78 is 5.98. The zero-order valence-corrected chi connectivity index (χ0v) is 11.1. The van der Waals surface area contributed by atoms with Crippen LogP contribution in [-0.2, 0) is 4.74 Å². The summed E-state index contributed by atoms with van der Waals surface area (Å²) >= 11 is 0. The quantitative estimate of drug-likeness (QED) is 0.714. The van der Waals surface area contributed by atoms with Crippen LogP contribution in [0.5, 0.6) is 0 Å². The van der Waals surface area contributed by atoms with Crippen molar-refractivity contribution in [2.45, 2.75) is 52.6 Å². The highest BCUT2D eigenvalue weighted by molar-refractivity contribution is 4.84. The van der Waals surface area contributed by atoms with Crippen molar-refractivity contribution >= 4 is 0 Å². The molecule has 0 aromatic rings. The summed E-state index contributed by atoms with van der Waals surface area (Å²) in [5.41, 5.74) is 0.450. The molecule has 2 heteroatoms. The van der Waals surface area contributed by atoms with Gasteiger partial charge < -0.3 is 9.64 Å². The Hall–Kier alpha value is -0.0800. The summed E-state index contributed by atoms with van der Waals surface area (Å²) in [5, 5.41) is 0. The second-order valence-electron chi connectivity index (χ2n) is 6.06. The van der Waals surface area contributed by atoms with Gasteiger partial charge in [0.2, 0.25) is 0 Å². The minimum atomic E-state index is 0.00548. The molecule has 0 aromatic heterocycles. The third-order valence-electron chi connectivity index (χ3n) is 3.61. The van der Waals surface area contributed by atoms with Gasteiger partial charge in [-0.25, -0.2) is 0 Å². The predicted molar refractivity (Wildman–Crippen MR) is 65.2 cm³/mol. The molecule has 0 amide bonds. The van der Waals surface area contributed by atoms with Gasteiger partial charge in [-0.05, 0) is 65.6 Å². The molecule has 0 aromatic carbocycles. The number of rotatable bonds is 3. The Morgan fingerprint density at radius 1 is 1.20 bits per heavy atom. The van der Waals surface area contributed by atoms with Crippen LogP contribution in [-0.4, -0.2) is 37.2 Å². The molecule has 2 nitrogen and oxygen atoms in total. The van der Waals surface area contributed by atoms with E-state index in [0.717, 1.165) is 6.61 Å². The molecule has 0 radical (unpaired) electrons. The van der Waals surface area contributed by atoms with Crippen LogP contribution >= 0.6 is 0 Å². The van der Waals surface area contributed by atoms with Gasteiger partial charge in [0.25, 0.3) is 0 Å². The summed E-state index contributed by atoms with van der Waals surface area (Å²) in [6.45, 7) is 12.1. The predicted octanol–water partition coefficient (Wildman–Crippen LogP) is 2.92. The van der Waals surface area contributed by atoms with Crippen LogP contribution in [0.25, 0.3) is 0 Å². The van der Waals surface area contributed by atoms with Crippen molar-refractivity contribution in [1.29, 1.82) is 0 Å². The number of nitrogens with zero attached hydrogens (tertiary/aromatic N) is 1. The van der Waals surface area contributed by atoms with Crippen molar-refractivity contribution < 1.29 is 4.74 Å². The molecule has 1 fully saturated rings. The third-order valence-corrected chi connectivity index (χ3v) is 3.61. The number of likely N-dealkylation sites (tertiary alicyclic amines) is 1. The van der Waals surface area contributed by atoms with Crippen LogP contribution in [0.4, 0.5) is 0 Å². The Morgan fingerprint density at radius 2 is 1.73 bits per heavy atom. The lowest BCUT2D eigenvalue weighted by Gasteiger charge is -2.41. The van der Waals surface area contributed by atoms with Gasteiger partial charge in [0.15, 0.2) is 0 Å². The molecule has 1 heterocycles. The third kappa shape index (κ3) is 4.12. The molecule has 0 saturated carbocycles. The first-order valence-corrected chi connectivity index (χ1v) is 6.19. The summed E-state index contributed by atoms with van der Waals surface area (Å²) in [5.74, 6) is 0. The molecule has 0 spiro atoms. The van der Waals surface area contributed by atoms with E-state index in [2.05, 4.69) is 39.6 Å². The molecule has 1 saturated heterocycles. The SMILES string of the molecule is CCC1(COC(C)(C)C)CCN(C)CC1. The molecule has 0 aliphatic carbocycles. The van der Waals surface area contributed by atoms with E-state index in [1.54, 1.807) is 0 Å². The molecule has 1 aliphatic heterocycles. The van der Waals surface area contributed by atoms with E-state index < -0.39 is 0 Å². The second-order valence-corrected chi connectivity index (χ2v) is 6.06. The average molecular weight is 213 g/mol. The lowest BCUT2D eigenvalue weighted by molar-refractivity contribution is -0.0703. The minimum Gasteiger partial charge on any atom is -0.375 e. The highest BCUT2D eigenvalue weighted by atomic mass is 16.5. The van der Waals surface area contributed by atoms with E-state index >= 15 is 0 Å². The molecule has 1 aliphatic rings. The highest BCUT2D eigenvalue weighted by Gasteiger charge is 2.33. The zero-order chi connectivity index (χ0) is 11.5. The number of ether oxygens (including phenoxy) is 1. The van der Waals surface area contributed by atoms with Crippen LogP contribution in [0, 0.1) is 5.41 Å². The molecule has 0 atom stereocenters. The molecular weight excluding hydrogens is 186 g/mol. The van der Waals surface area contributed by atoms with Crippen LogP contribution in [0.15, 0.2) is 0 Å². The zero-order valence-electron chi connectivity index (χ0n) is 11.1. The topological polar surface area (TPSA) is 12.5 Å². The van der Waals surface area contributed by atoms with Crippen molar-refractivity contribution in [1.82, 2.24) is 4.90 Å². The Kier molecular flexibility index (Phi) is 4.19. The van der Waals surface area contributed by atoms with Gasteiger partial charge in [-0.1, -0.05) is 6.92 Å². The van der Waals surface area contributed by atoms with E-state index in [1.807, 2.05) is 0 Å². The monoisotopic (exact) mass is 213 g/mol. The van der Waals surface area contributed by atoms with Gasteiger partial charge >= 0.3 is 0 Å². The van der Waals surface area contributed by atoms with Crippen molar-refractivity contribution in [2.24, 2.45) is 5.41 Å². The van der Waals surface area contributed by atoms with E-state index in [9.17, 15) is 0 Å². The minimum absolute atomic E-state index is 0.00548. The van der Waals surface area contributed by atoms with E-state index in [0.29, 0.717) is 5.41 Å². The molecule has 1 rings (SSSR count). The first-order valence-electron chi connectivity index (χ1n) is 6.19. The van der Waals surface area contributed by atoms with Crippen LogP contribution in [0.3, 0.4) is 0 Å². The lowest BCUT2D eigenvalue weighted by Crippen LogP contribution is -2.41. The molecule has 0 N–H and O–H groups in total. The molecule has 90 valence electrons. The van der Waals surface area contributed by atoms with Crippen LogP contribution in [0.2, 0.25) is 0 Å². The van der Waals surface area contributed by atoms with Gasteiger partial charge in [-0.2, -0.15) is 0 Å². The standard InChI is InChI=1S/C13H27NO/c1-6-13(11-15-12(2,3)4)7-9-14(5)10-8-13/h6-11H2,1-5H3. The fourth-order valence-corrected chi connectivity index (χ4v) is 2.06. The first kappa shape index (κ1) is 13.0. The summed E-state index contributed by atoms with van der Waals surface area (Å²) in [6, 6.07) is 0.